The minimum atomic E-state index is -2.56. The summed E-state index contributed by atoms with van der Waals surface area (Å²) in [5.41, 5.74) is 1.63. The predicted molar refractivity (Wildman–Crippen MR) is 159 cm³/mol. The number of morpholine rings is 1. The summed E-state index contributed by atoms with van der Waals surface area (Å²) < 4.78 is 64.2. The van der Waals surface area contributed by atoms with Gasteiger partial charge in [-0.15, -0.1) is 0 Å². The van der Waals surface area contributed by atoms with Crippen molar-refractivity contribution in [3.63, 3.8) is 0 Å². The van der Waals surface area contributed by atoms with Crippen molar-refractivity contribution in [3.05, 3.63) is 59.7 Å². The summed E-state index contributed by atoms with van der Waals surface area (Å²) in [6.07, 6.45) is 3.48. The van der Waals surface area contributed by atoms with E-state index in [4.69, 9.17) is 4.74 Å². The molecule has 5 heterocycles. The van der Waals surface area contributed by atoms with E-state index in [1.54, 1.807) is 23.2 Å². The number of fused-ring (bicyclic) bond motifs is 1. The summed E-state index contributed by atoms with van der Waals surface area (Å²) in [7, 11) is 0. The van der Waals surface area contributed by atoms with Gasteiger partial charge in [0.2, 0.25) is 5.95 Å². The number of anilines is 2. The van der Waals surface area contributed by atoms with Crippen LogP contribution in [0.3, 0.4) is 0 Å². The normalized spacial score (nSPS) is 20.8. The molecular formula is C31H36F4N8O. The predicted octanol–water partition coefficient (Wildman–Crippen LogP) is 5.73. The Kier molecular flexibility index (Phi) is 8.05. The molecule has 1 aromatic carbocycles. The average molecular weight is 613 g/mol. The monoisotopic (exact) mass is 612 g/mol. The minimum absolute atomic E-state index is 0.0349. The molecule has 44 heavy (non-hydrogen) atoms. The molecule has 1 atom stereocenters. The maximum Gasteiger partial charge on any atom is 0.272 e. The van der Waals surface area contributed by atoms with E-state index in [2.05, 4.69) is 30.2 Å². The number of aromatic nitrogens is 5. The number of aryl methyl sites for hydroxylation is 1. The lowest BCUT2D eigenvalue weighted by atomic mass is 9.97. The zero-order chi connectivity index (χ0) is 31.2. The summed E-state index contributed by atoms with van der Waals surface area (Å²) in [6.45, 7) is 10.7. The molecule has 13 heteroatoms. The molecule has 234 valence electrons. The Labute approximate surface area is 253 Å². The van der Waals surface area contributed by atoms with Gasteiger partial charge in [-0.25, -0.2) is 37.5 Å². The molecule has 0 saturated carbocycles. The van der Waals surface area contributed by atoms with Crippen LogP contribution in [0.4, 0.5) is 29.3 Å². The Morgan fingerprint density at radius 2 is 1.80 bits per heavy atom. The molecule has 2 aliphatic heterocycles. The number of ether oxygens (including phenoxy) is 1. The first-order valence-corrected chi connectivity index (χ1v) is 14.8. The second-order valence-electron chi connectivity index (χ2n) is 12.3. The number of hydrogen-bond acceptors (Lipinski definition) is 8. The van der Waals surface area contributed by atoms with Crippen molar-refractivity contribution >= 4 is 22.8 Å². The molecule has 2 saturated heterocycles. The third-order valence-electron chi connectivity index (χ3n) is 8.21. The van der Waals surface area contributed by atoms with E-state index < -0.39 is 23.2 Å². The van der Waals surface area contributed by atoms with Crippen LogP contribution in [0.25, 0.3) is 22.3 Å². The van der Waals surface area contributed by atoms with Crippen molar-refractivity contribution in [2.75, 3.05) is 44.6 Å². The molecule has 4 aromatic rings. The first-order chi connectivity index (χ1) is 20.9. The van der Waals surface area contributed by atoms with Gasteiger partial charge in [-0.05, 0) is 57.9 Å². The first-order valence-electron chi connectivity index (χ1n) is 14.8. The maximum absolute atomic E-state index is 15.0. The summed E-state index contributed by atoms with van der Waals surface area (Å²) in [5.74, 6) is -2.52. The molecule has 1 N–H and O–H groups in total. The molecule has 6 rings (SSSR count). The van der Waals surface area contributed by atoms with Gasteiger partial charge in [0.05, 0.1) is 37.0 Å². The molecule has 3 aromatic heterocycles. The van der Waals surface area contributed by atoms with Crippen LogP contribution in [0.5, 0.6) is 0 Å². The van der Waals surface area contributed by atoms with Crippen LogP contribution in [-0.2, 0) is 11.3 Å². The van der Waals surface area contributed by atoms with Crippen LogP contribution in [0.15, 0.2) is 36.7 Å². The van der Waals surface area contributed by atoms with E-state index in [-0.39, 0.29) is 41.9 Å². The average Bonchev–Trinajstić information content (AvgIpc) is 3.29. The molecule has 0 spiro atoms. The van der Waals surface area contributed by atoms with Gasteiger partial charge in [0, 0.05) is 44.0 Å². The van der Waals surface area contributed by atoms with Crippen molar-refractivity contribution in [2.24, 2.45) is 0 Å². The quantitative estimate of drug-likeness (QED) is 0.240. The van der Waals surface area contributed by atoms with Crippen molar-refractivity contribution < 1.29 is 22.3 Å². The van der Waals surface area contributed by atoms with E-state index in [0.29, 0.717) is 49.8 Å². The fourth-order valence-corrected chi connectivity index (χ4v) is 6.12. The number of alkyl halides is 2. The lowest BCUT2D eigenvalue weighted by molar-refractivity contribution is -0.146. The molecule has 9 nitrogen and oxygen atoms in total. The minimum Gasteiger partial charge on any atom is -0.373 e. The number of pyridine rings is 1. The topological polar surface area (TPSA) is 84.2 Å². The van der Waals surface area contributed by atoms with E-state index in [1.165, 1.54) is 6.07 Å². The van der Waals surface area contributed by atoms with Crippen LogP contribution < -0.4 is 5.32 Å². The molecular weight excluding hydrogens is 576 g/mol. The van der Waals surface area contributed by atoms with Gasteiger partial charge in [0.25, 0.3) is 5.92 Å². The Morgan fingerprint density at radius 1 is 1.00 bits per heavy atom. The van der Waals surface area contributed by atoms with Crippen LogP contribution >= 0.6 is 0 Å². The highest BCUT2D eigenvalue weighted by Crippen LogP contribution is 2.31. The van der Waals surface area contributed by atoms with E-state index in [9.17, 15) is 13.2 Å². The number of imidazole rings is 1. The largest absolute Gasteiger partial charge is 0.373 e. The Bertz CT molecular complexity index is 1650. The molecule has 0 aliphatic carbocycles. The van der Waals surface area contributed by atoms with Gasteiger partial charge >= 0.3 is 0 Å². The van der Waals surface area contributed by atoms with Gasteiger partial charge < -0.3 is 14.6 Å². The fourth-order valence-electron chi connectivity index (χ4n) is 6.12. The number of nitrogens with zero attached hydrogens (tertiary/aromatic N) is 7. The van der Waals surface area contributed by atoms with Gasteiger partial charge in [-0.3, -0.25) is 9.80 Å². The molecule has 2 aliphatic rings. The molecule has 0 radical (unpaired) electrons. The lowest BCUT2D eigenvalue weighted by Gasteiger charge is -2.44. The van der Waals surface area contributed by atoms with E-state index >= 15 is 4.39 Å². The van der Waals surface area contributed by atoms with Crippen molar-refractivity contribution in [1.82, 2.24) is 34.3 Å². The Balaban J connectivity index is 1.11. The zero-order valence-corrected chi connectivity index (χ0v) is 25.2. The zero-order valence-electron chi connectivity index (χ0n) is 25.2. The maximum atomic E-state index is 15.0. The number of likely N-dealkylation sites (tertiary alicyclic amines) is 1. The van der Waals surface area contributed by atoms with Gasteiger partial charge in [-0.2, -0.15) is 0 Å². The number of rotatable bonds is 9. The van der Waals surface area contributed by atoms with Crippen LogP contribution in [0, 0.1) is 18.6 Å². The Hall–Kier alpha value is -3.68. The molecule has 1 unspecified atom stereocenters. The third kappa shape index (κ3) is 6.40. The van der Waals surface area contributed by atoms with Gasteiger partial charge in [-0.1, -0.05) is 6.07 Å². The van der Waals surface area contributed by atoms with E-state index in [0.717, 1.165) is 18.3 Å². The highest BCUT2D eigenvalue weighted by Gasteiger charge is 2.44. The number of nitrogens with one attached hydrogen (secondary N) is 1. The highest BCUT2D eigenvalue weighted by molar-refractivity contribution is 5.83. The Morgan fingerprint density at radius 3 is 2.50 bits per heavy atom. The summed E-state index contributed by atoms with van der Waals surface area (Å²) in [6, 6.07) is 6.70. The second-order valence-corrected chi connectivity index (χ2v) is 12.3. The van der Waals surface area contributed by atoms with Gasteiger partial charge in [0.1, 0.15) is 22.9 Å². The van der Waals surface area contributed by atoms with Crippen LogP contribution in [0.1, 0.15) is 44.6 Å². The summed E-state index contributed by atoms with van der Waals surface area (Å²) >= 11 is 0. The van der Waals surface area contributed by atoms with Crippen molar-refractivity contribution in [1.29, 1.82) is 0 Å². The second kappa shape index (κ2) is 11.7. The van der Waals surface area contributed by atoms with Crippen molar-refractivity contribution in [2.45, 2.75) is 58.2 Å². The van der Waals surface area contributed by atoms with Gasteiger partial charge in [0.15, 0.2) is 11.6 Å². The summed E-state index contributed by atoms with van der Waals surface area (Å²) in [5, 5.41) is 3.01. The first kappa shape index (κ1) is 30.4. The smallest absolute Gasteiger partial charge is 0.272 e. The molecule has 0 amide bonds. The third-order valence-corrected chi connectivity index (χ3v) is 8.21. The van der Waals surface area contributed by atoms with Crippen molar-refractivity contribution in [3.8, 4) is 11.3 Å². The van der Waals surface area contributed by atoms with Crippen LogP contribution in [0.2, 0.25) is 0 Å². The standard InChI is InChI=1S/C31H36F4N8O/c1-19(2)43-20(3)38-28-23(32)11-22(12-25(28)43)27-24(33)14-37-29(40-27)39-26-6-5-21(13-36-26)15-41-9-10-44-30(4,16-41)7-8-42-17-31(34,35)18-42/h5-6,11-14,19H,7-10,15-18H2,1-4H3,(H,36,37,39,40). The van der Waals surface area contributed by atoms with Crippen LogP contribution in [-0.4, -0.2) is 85.2 Å². The molecule has 2 fully saturated rings. The lowest BCUT2D eigenvalue weighted by Crippen LogP contribution is -2.58. The highest BCUT2D eigenvalue weighted by atomic mass is 19.3. The number of hydrogen-bond donors (Lipinski definition) is 1. The number of benzene rings is 1. The fraction of sp³-hybridized carbons (Fsp3) is 0.484. The SMILES string of the molecule is Cc1nc2c(F)cc(-c3nc(Nc4ccc(CN5CCOC(C)(CCN6CC(F)(F)C6)C5)cn4)ncc3F)cc2n1C(C)C. The van der Waals surface area contributed by atoms with E-state index in [1.807, 2.05) is 38.3 Å². The summed E-state index contributed by atoms with van der Waals surface area (Å²) in [4.78, 5) is 21.3. The number of halogens is 4. The molecule has 0 bridgehead atoms.